The molecule has 0 saturated heterocycles. The van der Waals surface area contributed by atoms with E-state index < -0.39 is 6.04 Å². The number of carbonyl (C=O) groups excluding carboxylic acids is 2. The first-order chi connectivity index (χ1) is 19.0. The van der Waals surface area contributed by atoms with Crippen molar-refractivity contribution in [2.45, 2.75) is 57.2 Å². The number of aromatic amines is 1. The third-order valence-corrected chi connectivity index (χ3v) is 7.65. The summed E-state index contributed by atoms with van der Waals surface area (Å²) in [6, 6.07) is 19.1. The molecule has 2 amide bonds. The second-order valence-electron chi connectivity index (χ2n) is 10.7. The first-order valence-corrected chi connectivity index (χ1v) is 13.8. The van der Waals surface area contributed by atoms with Crippen molar-refractivity contribution >= 4 is 28.4 Å². The van der Waals surface area contributed by atoms with Crippen molar-refractivity contribution in [1.82, 2.24) is 20.2 Å². The minimum absolute atomic E-state index is 0.107. The molecule has 2 N–H and O–H groups in total. The highest BCUT2D eigenvalue weighted by Crippen LogP contribution is 2.29. The van der Waals surface area contributed by atoms with E-state index in [1.807, 2.05) is 85.9 Å². The number of nitrogens with zero attached hydrogens (tertiary/aromatic N) is 3. The number of benzene rings is 2. The van der Waals surface area contributed by atoms with Crippen molar-refractivity contribution in [1.29, 1.82) is 0 Å². The average Bonchev–Trinajstić information content (AvgIpc) is 3.36. The maximum absolute atomic E-state index is 14.1. The minimum atomic E-state index is -0.763. The fourth-order valence-electron chi connectivity index (χ4n) is 5.51. The van der Waals surface area contributed by atoms with Crippen molar-refractivity contribution in [3.05, 3.63) is 95.9 Å². The number of hydrogen-bond donors (Lipinski definition) is 2. The molecule has 2 aromatic heterocycles. The summed E-state index contributed by atoms with van der Waals surface area (Å²) in [4.78, 5) is 39.5. The van der Waals surface area contributed by atoms with Gasteiger partial charge in [0.2, 0.25) is 11.8 Å². The van der Waals surface area contributed by atoms with E-state index in [-0.39, 0.29) is 30.8 Å². The van der Waals surface area contributed by atoms with E-state index in [0.29, 0.717) is 0 Å². The Labute approximate surface area is 230 Å². The third-order valence-electron chi connectivity index (χ3n) is 7.65. The molecule has 0 spiro atoms. The predicted molar refractivity (Wildman–Crippen MR) is 155 cm³/mol. The van der Waals surface area contributed by atoms with Crippen LogP contribution in [-0.4, -0.2) is 46.8 Å². The lowest BCUT2D eigenvalue weighted by molar-refractivity contribution is -0.141. The molecule has 4 aromatic rings. The van der Waals surface area contributed by atoms with Gasteiger partial charge in [0.15, 0.2) is 0 Å². The van der Waals surface area contributed by atoms with Gasteiger partial charge in [0, 0.05) is 61.9 Å². The molecule has 2 aromatic carbocycles. The number of fused-ring (bicyclic) bond motifs is 1. The fraction of sp³-hybridized carbons (Fsp3) is 0.344. The molecule has 0 aliphatic heterocycles. The summed E-state index contributed by atoms with van der Waals surface area (Å²) in [5.74, 6) is -0.236. The zero-order valence-corrected chi connectivity index (χ0v) is 22.8. The van der Waals surface area contributed by atoms with Crippen LogP contribution in [0.2, 0.25) is 0 Å². The molecule has 1 atom stereocenters. The van der Waals surface area contributed by atoms with Crippen LogP contribution >= 0.6 is 0 Å². The molecular formula is C32H37N5O2. The number of hydrogen-bond acceptors (Lipinski definition) is 4. The Balaban J connectivity index is 1.52. The SMILES string of the molecule is CN(C)c1ccc([C@H](C(=O)NC2CCCCC2)N(Cc2cccnc2)C(=O)Cc2c[nH]c3ccccc23)cc1. The number of nitrogens with one attached hydrogen (secondary N) is 2. The van der Waals surface area contributed by atoms with Gasteiger partial charge >= 0.3 is 0 Å². The quantitative estimate of drug-likeness (QED) is 0.308. The zero-order valence-electron chi connectivity index (χ0n) is 22.8. The lowest BCUT2D eigenvalue weighted by Gasteiger charge is -2.33. The Morgan fingerprint density at radius 2 is 1.77 bits per heavy atom. The van der Waals surface area contributed by atoms with Crippen LogP contribution in [0.15, 0.2) is 79.3 Å². The van der Waals surface area contributed by atoms with E-state index in [0.717, 1.165) is 59.0 Å². The number of para-hydroxylation sites is 1. The molecule has 2 heterocycles. The molecule has 0 unspecified atom stereocenters. The lowest BCUT2D eigenvalue weighted by atomic mass is 9.94. The van der Waals surface area contributed by atoms with Crippen LogP contribution in [0.25, 0.3) is 10.9 Å². The summed E-state index contributed by atoms with van der Waals surface area (Å²) in [5.41, 5.74) is 4.62. The van der Waals surface area contributed by atoms with Gasteiger partial charge in [0.1, 0.15) is 6.04 Å². The Bertz CT molecular complexity index is 1390. The third kappa shape index (κ3) is 6.30. The number of anilines is 1. The van der Waals surface area contributed by atoms with Crippen LogP contribution in [-0.2, 0) is 22.6 Å². The highest BCUT2D eigenvalue weighted by Gasteiger charge is 2.33. The topological polar surface area (TPSA) is 81.3 Å². The zero-order chi connectivity index (χ0) is 27.2. The molecule has 1 saturated carbocycles. The first kappa shape index (κ1) is 26.5. The Kier molecular flexibility index (Phi) is 8.25. The number of amides is 2. The number of aromatic nitrogens is 2. The highest BCUT2D eigenvalue weighted by atomic mass is 16.2. The summed E-state index contributed by atoms with van der Waals surface area (Å²) < 4.78 is 0. The summed E-state index contributed by atoms with van der Waals surface area (Å²) in [5, 5.41) is 4.32. The second kappa shape index (κ2) is 12.2. The van der Waals surface area contributed by atoms with E-state index >= 15 is 0 Å². The summed E-state index contributed by atoms with van der Waals surface area (Å²) >= 11 is 0. The van der Waals surface area contributed by atoms with Crippen LogP contribution in [0, 0.1) is 0 Å². The second-order valence-corrected chi connectivity index (χ2v) is 10.7. The Hall–Kier alpha value is -4.13. The van der Waals surface area contributed by atoms with E-state index in [9.17, 15) is 9.59 Å². The minimum Gasteiger partial charge on any atom is -0.378 e. The van der Waals surface area contributed by atoms with Gasteiger partial charge in [-0.15, -0.1) is 0 Å². The number of carbonyl (C=O) groups is 2. The van der Waals surface area contributed by atoms with Crippen molar-refractivity contribution in [2.75, 3.05) is 19.0 Å². The van der Waals surface area contributed by atoms with Crippen LogP contribution in [0.1, 0.15) is 54.8 Å². The predicted octanol–water partition coefficient (Wildman–Crippen LogP) is 5.39. The monoisotopic (exact) mass is 523 g/mol. The van der Waals surface area contributed by atoms with Crippen LogP contribution in [0.3, 0.4) is 0 Å². The molecular weight excluding hydrogens is 486 g/mol. The molecule has 39 heavy (non-hydrogen) atoms. The highest BCUT2D eigenvalue weighted by molar-refractivity contribution is 5.92. The largest absolute Gasteiger partial charge is 0.378 e. The van der Waals surface area contributed by atoms with E-state index in [1.165, 1.54) is 6.42 Å². The molecule has 0 radical (unpaired) electrons. The molecule has 0 bridgehead atoms. The van der Waals surface area contributed by atoms with E-state index in [4.69, 9.17) is 0 Å². The molecule has 1 fully saturated rings. The maximum atomic E-state index is 14.1. The normalized spacial score (nSPS) is 14.6. The fourth-order valence-corrected chi connectivity index (χ4v) is 5.51. The van der Waals surface area contributed by atoms with Gasteiger partial charge in [-0.05, 0) is 53.8 Å². The van der Waals surface area contributed by atoms with Crippen molar-refractivity contribution in [2.24, 2.45) is 0 Å². The number of rotatable bonds is 9. The molecule has 5 rings (SSSR count). The van der Waals surface area contributed by atoms with E-state index in [1.54, 1.807) is 17.3 Å². The molecule has 7 heteroatoms. The van der Waals surface area contributed by atoms with Gasteiger partial charge in [-0.1, -0.05) is 55.7 Å². The van der Waals surface area contributed by atoms with Crippen LogP contribution in [0.4, 0.5) is 5.69 Å². The van der Waals surface area contributed by atoms with Gasteiger partial charge in [-0.25, -0.2) is 0 Å². The van der Waals surface area contributed by atoms with E-state index in [2.05, 4.69) is 15.3 Å². The van der Waals surface area contributed by atoms with Gasteiger partial charge in [-0.2, -0.15) is 0 Å². The standard InChI is InChI=1S/C32H37N5O2/c1-36(2)27-16-14-24(15-17-27)31(32(39)35-26-10-4-3-5-11-26)37(22-23-9-8-18-33-20-23)30(38)19-25-21-34-29-13-7-6-12-28(25)29/h6-9,12-18,20-21,26,31,34H,3-5,10-11,19,22H2,1-2H3,(H,35,39)/t31-/m1/s1. The van der Waals surface area contributed by atoms with Crippen molar-refractivity contribution in [3.63, 3.8) is 0 Å². The van der Waals surface area contributed by atoms with Crippen LogP contribution in [0.5, 0.6) is 0 Å². The Morgan fingerprint density at radius 3 is 2.49 bits per heavy atom. The first-order valence-electron chi connectivity index (χ1n) is 13.8. The van der Waals surface area contributed by atoms with Gasteiger partial charge in [-0.3, -0.25) is 14.6 Å². The summed E-state index contributed by atoms with van der Waals surface area (Å²) in [6.07, 6.45) is 11.0. The van der Waals surface area contributed by atoms with Crippen molar-refractivity contribution in [3.8, 4) is 0 Å². The summed E-state index contributed by atoms with van der Waals surface area (Å²) in [6.45, 7) is 0.285. The average molecular weight is 524 g/mol. The number of H-pyrrole nitrogens is 1. The lowest BCUT2D eigenvalue weighted by Crippen LogP contribution is -2.47. The Morgan fingerprint density at radius 1 is 1.00 bits per heavy atom. The van der Waals surface area contributed by atoms with Gasteiger partial charge in [0.05, 0.1) is 6.42 Å². The van der Waals surface area contributed by atoms with Gasteiger partial charge in [0.25, 0.3) is 0 Å². The molecule has 1 aliphatic rings. The summed E-state index contributed by atoms with van der Waals surface area (Å²) in [7, 11) is 3.98. The van der Waals surface area contributed by atoms with Crippen molar-refractivity contribution < 1.29 is 9.59 Å². The van der Waals surface area contributed by atoms with Crippen LogP contribution < -0.4 is 10.2 Å². The molecule has 1 aliphatic carbocycles. The maximum Gasteiger partial charge on any atom is 0.247 e. The van der Waals surface area contributed by atoms with Gasteiger partial charge < -0.3 is 20.1 Å². The molecule has 7 nitrogen and oxygen atoms in total. The smallest absolute Gasteiger partial charge is 0.247 e. The molecule has 202 valence electrons. The number of pyridine rings is 1.